The second kappa shape index (κ2) is 5.81. The summed E-state index contributed by atoms with van der Waals surface area (Å²) in [5, 5.41) is 11.1. The molecule has 0 radical (unpaired) electrons. The van der Waals surface area contributed by atoms with Crippen LogP contribution in [-0.4, -0.2) is 28.4 Å². The number of carboxylic acid groups (broad SMARTS) is 1. The third kappa shape index (κ3) is 2.88. The predicted molar refractivity (Wildman–Crippen MR) is 89.9 cm³/mol. The Hall–Kier alpha value is -2.14. The monoisotopic (exact) mass is 329 g/mol. The fraction of sp³-hybridized carbons (Fsp3) is 0.333. The zero-order valence-electron chi connectivity index (χ0n) is 13.2. The molecule has 3 rings (SSSR count). The summed E-state index contributed by atoms with van der Waals surface area (Å²) in [4.78, 5) is 27.0. The minimum absolute atomic E-state index is 0.0892. The lowest BCUT2D eigenvalue weighted by Crippen LogP contribution is -2.45. The van der Waals surface area contributed by atoms with Crippen LogP contribution < -0.4 is 0 Å². The van der Waals surface area contributed by atoms with E-state index in [-0.39, 0.29) is 11.5 Å². The highest BCUT2D eigenvalue weighted by atomic mass is 32.1. The number of aromatic carboxylic acids is 1. The molecule has 2 heterocycles. The Labute approximate surface area is 139 Å². The fourth-order valence-corrected chi connectivity index (χ4v) is 3.84. The van der Waals surface area contributed by atoms with E-state index in [9.17, 15) is 9.59 Å². The minimum Gasteiger partial charge on any atom is -0.478 e. The van der Waals surface area contributed by atoms with Crippen LogP contribution in [0.1, 0.15) is 40.2 Å². The largest absolute Gasteiger partial charge is 0.478 e. The number of thiophene rings is 1. The molecule has 5 heteroatoms. The molecule has 1 aliphatic heterocycles. The number of benzene rings is 1. The molecular formula is C18H19NO3S. The Morgan fingerprint density at radius 3 is 2.65 bits per heavy atom. The van der Waals surface area contributed by atoms with Crippen LogP contribution >= 0.6 is 11.3 Å². The molecule has 120 valence electrons. The summed E-state index contributed by atoms with van der Waals surface area (Å²) >= 11 is 1.59. The van der Waals surface area contributed by atoms with Gasteiger partial charge in [-0.1, -0.05) is 12.1 Å². The second-order valence-electron chi connectivity index (χ2n) is 6.37. The first-order valence-corrected chi connectivity index (χ1v) is 8.46. The Bertz CT molecular complexity index is 750. The van der Waals surface area contributed by atoms with Crippen molar-refractivity contribution in [3.63, 3.8) is 0 Å². The summed E-state index contributed by atoms with van der Waals surface area (Å²) < 4.78 is 0. The summed E-state index contributed by atoms with van der Waals surface area (Å²) in [6.45, 7) is 5.05. The van der Waals surface area contributed by atoms with E-state index in [4.69, 9.17) is 5.11 Å². The fourth-order valence-electron chi connectivity index (χ4n) is 3.00. The van der Waals surface area contributed by atoms with E-state index in [2.05, 4.69) is 0 Å². The van der Waals surface area contributed by atoms with Crippen LogP contribution in [0.15, 0.2) is 35.7 Å². The van der Waals surface area contributed by atoms with Crippen molar-refractivity contribution >= 4 is 23.2 Å². The third-order valence-corrected chi connectivity index (χ3v) is 5.62. The number of carboxylic acids is 1. The molecular weight excluding hydrogens is 310 g/mol. The van der Waals surface area contributed by atoms with E-state index in [1.54, 1.807) is 23.5 Å². The molecule has 0 saturated carbocycles. The molecule has 1 amide bonds. The van der Waals surface area contributed by atoms with Gasteiger partial charge < -0.3 is 10.0 Å². The summed E-state index contributed by atoms with van der Waals surface area (Å²) in [5.41, 5.74) is 1.78. The minimum atomic E-state index is -0.935. The second-order valence-corrected chi connectivity index (χ2v) is 7.32. The first kappa shape index (κ1) is 15.7. The third-order valence-electron chi connectivity index (χ3n) is 4.42. The number of hydrogen-bond acceptors (Lipinski definition) is 3. The quantitative estimate of drug-likeness (QED) is 0.940. The number of nitrogens with zero attached hydrogens (tertiary/aromatic N) is 1. The molecule has 0 aliphatic carbocycles. The smallest absolute Gasteiger partial charge is 0.335 e. The van der Waals surface area contributed by atoms with Crippen molar-refractivity contribution in [3.05, 3.63) is 57.3 Å². The van der Waals surface area contributed by atoms with Gasteiger partial charge in [-0.05, 0) is 55.0 Å². The van der Waals surface area contributed by atoms with Crippen LogP contribution in [0, 0.1) is 0 Å². The molecule has 4 nitrogen and oxygen atoms in total. The highest BCUT2D eigenvalue weighted by Gasteiger charge is 2.35. The van der Waals surface area contributed by atoms with Crippen LogP contribution in [0.2, 0.25) is 0 Å². The van der Waals surface area contributed by atoms with E-state index in [0.717, 1.165) is 22.4 Å². The van der Waals surface area contributed by atoms with Gasteiger partial charge in [0.05, 0.1) is 11.0 Å². The zero-order valence-corrected chi connectivity index (χ0v) is 14.0. The van der Waals surface area contributed by atoms with Gasteiger partial charge in [0.1, 0.15) is 0 Å². The van der Waals surface area contributed by atoms with Crippen LogP contribution in [0.3, 0.4) is 0 Å². The van der Waals surface area contributed by atoms with Gasteiger partial charge in [0.25, 0.3) is 0 Å². The number of fused-ring (bicyclic) bond motifs is 1. The van der Waals surface area contributed by atoms with Crippen molar-refractivity contribution in [3.8, 4) is 0 Å². The maximum absolute atomic E-state index is 13.0. The van der Waals surface area contributed by atoms with Gasteiger partial charge >= 0.3 is 5.97 Å². The molecule has 23 heavy (non-hydrogen) atoms. The first-order chi connectivity index (χ1) is 10.9. The first-order valence-electron chi connectivity index (χ1n) is 7.58. The standard InChI is InChI=1S/C18H19NO3S/c1-18(2,15-4-3-9-23-15)17(22)19-8-7-12-5-6-13(16(20)21)10-14(12)11-19/h3-6,9-10H,7-8,11H2,1-2H3,(H,20,21). The van der Waals surface area contributed by atoms with Crippen molar-refractivity contribution in [1.29, 1.82) is 0 Å². The predicted octanol–water partition coefficient (Wildman–Crippen LogP) is 3.31. The van der Waals surface area contributed by atoms with E-state index < -0.39 is 11.4 Å². The molecule has 1 aromatic carbocycles. The highest BCUT2D eigenvalue weighted by Crippen LogP contribution is 2.31. The Morgan fingerprint density at radius 1 is 1.22 bits per heavy atom. The van der Waals surface area contributed by atoms with Crippen molar-refractivity contribution in [2.24, 2.45) is 0 Å². The molecule has 1 N–H and O–H groups in total. The van der Waals surface area contributed by atoms with E-state index in [0.29, 0.717) is 13.1 Å². The van der Waals surface area contributed by atoms with Crippen molar-refractivity contribution in [2.45, 2.75) is 32.2 Å². The van der Waals surface area contributed by atoms with Gasteiger partial charge in [0.15, 0.2) is 0 Å². The van der Waals surface area contributed by atoms with Gasteiger partial charge in [-0.3, -0.25) is 4.79 Å². The van der Waals surface area contributed by atoms with Gasteiger partial charge in [-0.25, -0.2) is 4.79 Å². The van der Waals surface area contributed by atoms with Gasteiger partial charge in [-0.15, -0.1) is 11.3 Å². The Balaban J connectivity index is 1.85. The highest BCUT2D eigenvalue weighted by molar-refractivity contribution is 7.10. The Morgan fingerprint density at radius 2 is 2.00 bits per heavy atom. The molecule has 2 aromatic rings. The van der Waals surface area contributed by atoms with Gasteiger partial charge in [0, 0.05) is 18.0 Å². The molecule has 0 atom stereocenters. The summed E-state index contributed by atoms with van der Waals surface area (Å²) in [5.74, 6) is -0.846. The Kier molecular flexibility index (Phi) is 3.98. The van der Waals surface area contributed by atoms with Crippen molar-refractivity contribution in [1.82, 2.24) is 4.90 Å². The maximum atomic E-state index is 13.0. The van der Waals surface area contributed by atoms with Crippen LogP contribution in [0.25, 0.3) is 0 Å². The molecule has 0 spiro atoms. The molecule has 1 aromatic heterocycles. The normalized spacial score (nSPS) is 14.4. The lowest BCUT2D eigenvalue weighted by molar-refractivity contribution is -0.137. The van der Waals surface area contributed by atoms with E-state index in [1.165, 1.54) is 0 Å². The average Bonchev–Trinajstić information content (AvgIpc) is 3.08. The molecule has 0 bridgehead atoms. The topological polar surface area (TPSA) is 57.6 Å². The summed E-state index contributed by atoms with van der Waals surface area (Å²) in [7, 11) is 0. The number of amides is 1. The molecule has 0 fully saturated rings. The number of carbonyl (C=O) groups excluding carboxylic acids is 1. The van der Waals surface area contributed by atoms with E-state index >= 15 is 0 Å². The van der Waals surface area contributed by atoms with E-state index in [1.807, 2.05) is 42.3 Å². The maximum Gasteiger partial charge on any atom is 0.335 e. The van der Waals surface area contributed by atoms with Gasteiger partial charge in [0.2, 0.25) is 5.91 Å². The van der Waals surface area contributed by atoms with Crippen LogP contribution in [-0.2, 0) is 23.2 Å². The lowest BCUT2D eigenvalue weighted by atomic mass is 9.88. The van der Waals surface area contributed by atoms with Crippen molar-refractivity contribution in [2.75, 3.05) is 6.54 Å². The van der Waals surface area contributed by atoms with Gasteiger partial charge in [-0.2, -0.15) is 0 Å². The van der Waals surface area contributed by atoms with Crippen LogP contribution in [0.5, 0.6) is 0 Å². The zero-order chi connectivity index (χ0) is 16.6. The summed E-state index contributed by atoms with van der Waals surface area (Å²) in [6.07, 6.45) is 0.765. The van der Waals surface area contributed by atoms with Crippen LogP contribution in [0.4, 0.5) is 0 Å². The number of rotatable bonds is 3. The average molecular weight is 329 g/mol. The van der Waals surface area contributed by atoms with Crippen molar-refractivity contribution < 1.29 is 14.7 Å². The number of hydrogen-bond donors (Lipinski definition) is 1. The molecule has 0 unspecified atom stereocenters. The molecule has 1 aliphatic rings. The number of carbonyl (C=O) groups is 2. The summed E-state index contributed by atoms with van der Waals surface area (Å²) in [6, 6.07) is 9.14. The molecule has 0 saturated heterocycles. The SMILES string of the molecule is CC(C)(C(=O)N1CCc2ccc(C(=O)O)cc2C1)c1cccs1. The lowest BCUT2D eigenvalue weighted by Gasteiger charge is -2.35.